The van der Waals surface area contributed by atoms with Gasteiger partial charge in [-0.05, 0) is 25.5 Å². The molecule has 5 heteroatoms. The molecule has 0 N–H and O–H groups in total. The predicted octanol–water partition coefficient (Wildman–Crippen LogP) is 3.20. The van der Waals surface area contributed by atoms with Gasteiger partial charge in [-0.2, -0.15) is 0 Å². The molecule has 0 fully saturated rings. The van der Waals surface area contributed by atoms with Crippen LogP contribution >= 0.6 is 0 Å². The van der Waals surface area contributed by atoms with E-state index in [-0.39, 0.29) is 5.91 Å². The first kappa shape index (κ1) is 13.4. The van der Waals surface area contributed by atoms with Gasteiger partial charge in [-0.1, -0.05) is 18.5 Å². The van der Waals surface area contributed by atoms with Gasteiger partial charge in [0.15, 0.2) is 11.5 Å². The fraction of sp³-hybridized carbons (Fsp3) is 0.429. The van der Waals surface area contributed by atoms with E-state index in [1.54, 1.807) is 29.4 Å². The summed E-state index contributed by atoms with van der Waals surface area (Å²) in [4.78, 5) is 14.0. The van der Waals surface area contributed by atoms with Crippen molar-refractivity contribution in [3.8, 4) is 11.5 Å². The van der Waals surface area contributed by atoms with Crippen LogP contribution in [0.25, 0.3) is 11.5 Å². The first-order chi connectivity index (χ1) is 9.26. The van der Waals surface area contributed by atoms with Crippen LogP contribution in [0.2, 0.25) is 0 Å². The number of aromatic nitrogens is 1. The summed E-state index contributed by atoms with van der Waals surface area (Å²) in [6.45, 7) is 5.47. The van der Waals surface area contributed by atoms with Crippen molar-refractivity contribution in [3.63, 3.8) is 0 Å². The van der Waals surface area contributed by atoms with Crippen molar-refractivity contribution in [1.29, 1.82) is 0 Å². The number of hydrogen-bond acceptors (Lipinski definition) is 4. The van der Waals surface area contributed by atoms with Crippen LogP contribution in [0.3, 0.4) is 0 Å². The molecule has 0 saturated heterocycles. The molecule has 102 valence electrons. The summed E-state index contributed by atoms with van der Waals surface area (Å²) in [5.41, 5.74) is 0.323. The van der Waals surface area contributed by atoms with E-state index in [1.807, 2.05) is 6.92 Å². The van der Waals surface area contributed by atoms with Gasteiger partial charge in [-0.3, -0.25) is 4.79 Å². The maximum Gasteiger partial charge on any atom is 0.276 e. The minimum absolute atomic E-state index is 0.0995. The molecule has 0 aliphatic carbocycles. The van der Waals surface area contributed by atoms with Crippen molar-refractivity contribution in [3.05, 3.63) is 30.2 Å². The molecule has 2 heterocycles. The molecular weight excluding hydrogens is 244 g/mol. The Balaban J connectivity index is 2.11. The smallest absolute Gasteiger partial charge is 0.276 e. The molecule has 0 aromatic carbocycles. The average Bonchev–Trinajstić information content (AvgIpc) is 3.10. The van der Waals surface area contributed by atoms with E-state index in [2.05, 4.69) is 12.1 Å². The molecule has 0 saturated carbocycles. The summed E-state index contributed by atoms with van der Waals surface area (Å²) in [5.74, 6) is 0.945. The van der Waals surface area contributed by atoms with Crippen molar-refractivity contribution in [1.82, 2.24) is 10.1 Å². The number of rotatable bonds is 6. The maximum absolute atomic E-state index is 12.2. The normalized spacial score (nSPS) is 10.6. The molecule has 0 unspecified atom stereocenters. The van der Waals surface area contributed by atoms with Gasteiger partial charge in [0.25, 0.3) is 5.91 Å². The van der Waals surface area contributed by atoms with E-state index in [4.69, 9.17) is 8.94 Å². The fourth-order valence-electron chi connectivity index (χ4n) is 1.83. The van der Waals surface area contributed by atoms with Crippen LogP contribution in [0, 0.1) is 0 Å². The molecule has 19 heavy (non-hydrogen) atoms. The van der Waals surface area contributed by atoms with Crippen LogP contribution < -0.4 is 0 Å². The lowest BCUT2D eigenvalue weighted by atomic mass is 10.2. The zero-order valence-corrected chi connectivity index (χ0v) is 11.3. The van der Waals surface area contributed by atoms with E-state index in [0.717, 1.165) is 19.4 Å². The minimum Gasteiger partial charge on any atom is -0.461 e. The third-order valence-corrected chi connectivity index (χ3v) is 2.94. The summed E-state index contributed by atoms with van der Waals surface area (Å²) >= 11 is 0. The Kier molecular flexibility index (Phi) is 4.39. The lowest BCUT2D eigenvalue weighted by Crippen LogP contribution is -2.31. The first-order valence-electron chi connectivity index (χ1n) is 6.56. The predicted molar refractivity (Wildman–Crippen MR) is 70.7 cm³/mol. The van der Waals surface area contributed by atoms with Gasteiger partial charge in [0, 0.05) is 19.2 Å². The molecule has 2 aromatic heterocycles. The quantitative estimate of drug-likeness (QED) is 0.802. The second kappa shape index (κ2) is 6.22. The molecule has 5 nitrogen and oxygen atoms in total. The maximum atomic E-state index is 12.2. The Hall–Kier alpha value is -2.04. The van der Waals surface area contributed by atoms with Gasteiger partial charge in [-0.25, -0.2) is 0 Å². The van der Waals surface area contributed by atoms with Crippen molar-refractivity contribution < 1.29 is 13.7 Å². The van der Waals surface area contributed by atoms with Crippen LogP contribution in [0.1, 0.15) is 37.2 Å². The van der Waals surface area contributed by atoms with Gasteiger partial charge in [0.05, 0.1) is 6.26 Å². The average molecular weight is 262 g/mol. The Morgan fingerprint density at radius 3 is 2.84 bits per heavy atom. The largest absolute Gasteiger partial charge is 0.461 e. The van der Waals surface area contributed by atoms with Gasteiger partial charge in [0.2, 0.25) is 5.76 Å². The van der Waals surface area contributed by atoms with Crippen LogP contribution in [-0.2, 0) is 0 Å². The molecule has 0 aliphatic heterocycles. The number of carbonyl (C=O) groups is 1. The molecule has 0 aliphatic rings. The number of hydrogen-bond donors (Lipinski definition) is 0. The zero-order valence-electron chi connectivity index (χ0n) is 11.3. The summed E-state index contributed by atoms with van der Waals surface area (Å²) < 4.78 is 10.3. The monoisotopic (exact) mass is 262 g/mol. The van der Waals surface area contributed by atoms with Gasteiger partial charge in [-0.15, -0.1) is 0 Å². The van der Waals surface area contributed by atoms with Crippen molar-refractivity contribution in [2.75, 3.05) is 13.1 Å². The standard InChI is InChI=1S/C14H18N2O3/c1-3-5-8-16(4-2)14(17)11-10-13(19-15-11)12-7-6-9-18-12/h6-7,9-10H,3-5,8H2,1-2H3. The molecule has 0 bridgehead atoms. The lowest BCUT2D eigenvalue weighted by Gasteiger charge is -2.18. The molecule has 0 spiro atoms. The lowest BCUT2D eigenvalue weighted by molar-refractivity contribution is 0.0752. The topological polar surface area (TPSA) is 59.5 Å². The summed E-state index contributed by atoms with van der Waals surface area (Å²) in [5, 5.41) is 3.82. The molecule has 2 aromatic rings. The van der Waals surface area contributed by atoms with Crippen LogP contribution in [0.5, 0.6) is 0 Å². The molecule has 2 rings (SSSR count). The molecule has 0 radical (unpaired) electrons. The summed E-state index contributed by atoms with van der Waals surface area (Å²) in [7, 11) is 0. The van der Waals surface area contributed by atoms with E-state index in [0.29, 0.717) is 23.8 Å². The highest BCUT2D eigenvalue weighted by Gasteiger charge is 2.19. The fourth-order valence-corrected chi connectivity index (χ4v) is 1.83. The summed E-state index contributed by atoms with van der Waals surface area (Å²) in [6, 6.07) is 5.15. The number of amides is 1. The van der Waals surface area contributed by atoms with Crippen LogP contribution in [0.15, 0.2) is 33.4 Å². The minimum atomic E-state index is -0.0995. The second-order valence-electron chi connectivity index (χ2n) is 4.29. The highest BCUT2D eigenvalue weighted by atomic mass is 16.5. The Bertz CT molecular complexity index is 517. The zero-order chi connectivity index (χ0) is 13.7. The van der Waals surface area contributed by atoms with Gasteiger partial charge in [0.1, 0.15) is 0 Å². The number of unbranched alkanes of at least 4 members (excludes halogenated alkanes) is 1. The number of carbonyl (C=O) groups excluding carboxylic acids is 1. The van der Waals surface area contributed by atoms with Gasteiger partial charge >= 0.3 is 0 Å². The highest BCUT2D eigenvalue weighted by molar-refractivity contribution is 5.93. The molecule has 0 atom stereocenters. The van der Waals surface area contributed by atoms with Crippen LogP contribution in [-0.4, -0.2) is 29.1 Å². The molecule has 1 amide bonds. The van der Waals surface area contributed by atoms with Crippen molar-refractivity contribution in [2.45, 2.75) is 26.7 Å². The van der Waals surface area contributed by atoms with E-state index in [1.165, 1.54) is 0 Å². The third kappa shape index (κ3) is 3.05. The van der Waals surface area contributed by atoms with Crippen LogP contribution in [0.4, 0.5) is 0 Å². The van der Waals surface area contributed by atoms with Crippen molar-refractivity contribution in [2.24, 2.45) is 0 Å². The van der Waals surface area contributed by atoms with Gasteiger partial charge < -0.3 is 13.8 Å². The Labute approximate surface area is 112 Å². The highest BCUT2D eigenvalue weighted by Crippen LogP contribution is 2.21. The number of nitrogens with zero attached hydrogens (tertiary/aromatic N) is 2. The van der Waals surface area contributed by atoms with E-state index < -0.39 is 0 Å². The summed E-state index contributed by atoms with van der Waals surface area (Å²) in [6.07, 6.45) is 3.60. The number of furan rings is 1. The van der Waals surface area contributed by atoms with E-state index in [9.17, 15) is 4.79 Å². The third-order valence-electron chi connectivity index (χ3n) is 2.94. The Morgan fingerprint density at radius 1 is 1.37 bits per heavy atom. The van der Waals surface area contributed by atoms with E-state index >= 15 is 0 Å². The van der Waals surface area contributed by atoms with Crippen molar-refractivity contribution >= 4 is 5.91 Å². The SMILES string of the molecule is CCCCN(CC)C(=O)c1cc(-c2ccco2)on1. The first-order valence-corrected chi connectivity index (χ1v) is 6.56. The Morgan fingerprint density at radius 2 is 2.21 bits per heavy atom. The second-order valence-corrected chi connectivity index (χ2v) is 4.29. The molecular formula is C14H18N2O3.